The van der Waals surface area contributed by atoms with Crippen LogP contribution in [-0.2, 0) is 4.79 Å². The van der Waals surface area contributed by atoms with Crippen molar-refractivity contribution >= 4 is 29.2 Å². The molecule has 1 atom stereocenters. The fourth-order valence-electron chi connectivity index (χ4n) is 3.28. The minimum atomic E-state index is -0.959. The number of rotatable bonds is 6. The molecule has 3 rings (SSSR count). The van der Waals surface area contributed by atoms with Crippen LogP contribution >= 0.6 is 0 Å². The summed E-state index contributed by atoms with van der Waals surface area (Å²) in [7, 11) is 0. The van der Waals surface area contributed by atoms with Crippen molar-refractivity contribution in [1.82, 2.24) is 10.6 Å². The molecule has 0 unspecified atom stereocenters. The van der Waals surface area contributed by atoms with Gasteiger partial charge >= 0.3 is 6.03 Å². The molecule has 2 aromatic rings. The maximum Gasteiger partial charge on any atom is 0.321 e. The van der Waals surface area contributed by atoms with Gasteiger partial charge in [-0.1, -0.05) is 26.0 Å². The highest BCUT2D eigenvalue weighted by Gasteiger charge is 2.27. The van der Waals surface area contributed by atoms with Crippen molar-refractivity contribution in [3.8, 4) is 0 Å². The van der Waals surface area contributed by atoms with Gasteiger partial charge in [-0.2, -0.15) is 0 Å². The lowest BCUT2D eigenvalue weighted by atomic mass is 10.0. The largest absolute Gasteiger partial charge is 0.340 e. The second kappa shape index (κ2) is 9.55. The van der Waals surface area contributed by atoms with E-state index in [9.17, 15) is 23.2 Å². The van der Waals surface area contributed by atoms with Crippen LogP contribution in [0.25, 0.3) is 0 Å². The van der Waals surface area contributed by atoms with Gasteiger partial charge in [0, 0.05) is 18.8 Å². The summed E-state index contributed by atoms with van der Waals surface area (Å²) in [6.07, 6.45) is 0.666. The van der Waals surface area contributed by atoms with E-state index in [0.717, 1.165) is 12.1 Å². The molecule has 9 heteroatoms. The van der Waals surface area contributed by atoms with Crippen molar-refractivity contribution in [3.05, 3.63) is 59.7 Å². The van der Waals surface area contributed by atoms with Crippen molar-refractivity contribution in [2.45, 2.75) is 26.3 Å². The van der Waals surface area contributed by atoms with Crippen LogP contribution in [0.1, 0.15) is 30.6 Å². The molecule has 7 nitrogen and oxygen atoms in total. The average molecular weight is 430 g/mol. The third kappa shape index (κ3) is 5.17. The first-order chi connectivity index (χ1) is 14.8. The van der Waals surface area contributed by atoms with Gasteiger partial charge in [0.2, 0.25) is 5.91 Å². The number of halogens is 2. The lowest BCUT2D eigenvalue weighted by Gasteiger charge is -2.28. The SMILES string of the molecule is CC(C)[C@@H](NC(=O)c1ccccc1F)C(=O)Nc1ccc(F)c(N2CCCNC2=O)c1. The van der Waals surface area contributed by atoms with Gasteiger partial charge in [0.15, 0.2) is 0 Å². The Kier molecular flexibility index (Phi) is 6.84. The lowest BCUT2D eigenvalue weighted by molar-refractivity contribution is -0.118. The highest BCUT2D eigenvalue weighted by Crippen LogP contribution is 2.25. The number of urea groups is 1. The number of carbonyl (C=O) groups is 3. The summed E-state index contributed by atoms with van der Waals surface area (Å²) in [6, 6.07) is 8.02. The predicted molar refractivity (Wildman–Crippen MR) is 113 cm³/mol. The summed E-state index contributed by atoms with van der Waals surface area (Å²) in [4.78, 5) is 38.6. The van der Waals surface area contributed by atoms with Crippen molar-refractivity contribution in [3.63, 3.8) is 0 Å². The van der Waals surface area contributed by atoms with Crippen LogP contribution in [0, 0.1) is 17.6 Å². The van der Waals surface area contributed by atoms with Crippen molar-refractivity contribution < 1.29 is 23.2 Å². The molecule has 0 spiro atoms. The molecule has 1 aliphatic rings. The lowest BCUT2D eigenvalue weighted by Crippen LogP contribution is -2.47. The van der Waals surface area contributed by atoms with E-state index < -0.39 is 35.5 Å². The van der Waals surface area contributed by atoms with Crippen molar-refractivity contribution in [2.24, 2.45) is 5.92 Å². The maximum atomic E-state index is 14.3. The molecule has 2 aromatic carbocycles. The first kappa shape index (κ1) is 22.2. The Bertz CT molecular complexity index is 996. The number of hydrogen-bond acceptors (Lipinski definition) is 3. The molecule has 0 radical (unpaired) electrons. The van der Waals surface area contributed by atoms with Crippen LogP contribution in [0.3, 0.4) is 0 Å². The maximum absolute atomic E-state index is 14.3. The molecule has 31 heavy (non-hydrogen) atoms. The van der Waals surface area contributed by atoms with E-state index in [-0.39, 0.29) is 22.9 Å². The topological polar surface area (TPSA) is 90.5 Å². The quantitative estimate of drug-likeness (QED) is 0.657. The Morgan fingerprint density at radius 1 is 1.10 bits per heavy atom. The van der Waals surface area contributed by atoms with E-state index in [1.807, 2.05) is 0 Å². The molecular weight excluding hydrogens is 406 g/mol. The van der Waals surface area contributed by atoms with Gasteiger partial charge < -0.3 is 16.0 Å². The molecule has 4 amide bonds. The van der Waals surface area contributed by atoms with Crippen molar-refractivity contribution in [1.29, 1.82) is 0 Å². The number of hydrogen-bond donors (Lipinski definition) is 3. The summed E-state index contributed by atoms with van der Waals surface area (Å²) >= 11 is 0. The molecule has 164 valence electrons. The second-order valence-corrected chi connectivity index (χ2v) is 7.57. The zero-order valence-corrected chi connectivity index (χ0v) is 17.2. The standard InChI is InChI=1S/C22H24F2N4O3/c1-13(2)19(27-20(29)15-6-3-4-7-16(15)23)21(30)26-14-8-9-17(24)18(12-14)28-11-5-10-25-22(28)31/h3-4,6-9,12-13,19H,5,10-11H2,1-2H3,(H,25,31)(H,26,30)(H,27,29)/t19-/m1/s1. The molecule has 1 saturated heterocycles. The fraction of sp³-hybridized carbons (Fsp3) is 0.318. The van der Waals surface area contributed by atoms with E-state index in [2.05, 4.69) is 16.0 Å². The normalized spacial score (nSPS) is 14.7. The van der Waals surface area contributed by atoms with Crippen LogP contribution in [0.2, 0.25) is 0 Å². The molecular formula is C22H24F2N4O3. The first-order valence-electron chi connectivity index (χ1n) is 9.99. The smallest absolute Gasteiger partial charge is 0.321 e. The summed E-state index contributed by atoms with van der Waals surface area (Å²) in [5, 5.41) is 7.84. The van der Waals surface area contributed by atoms with Gasteiger partial charge in [-0.3, -0.25) is 14.5 Å². The Morgan fingerprint density at radius 3 is 2.52 bits per heavy atom. The Labute approximate surface area is 178 Å². The fourth-order valence-corrected chi connectivity index (χ4v) is 3.28. The molecule has 1 heterocycles. The van der Waals surface area contributed by atoms with E-state index in [1.165, 1.54) is 35.2 Å². The van der Waals surface area contributed by atoms with Gasteiger partial charge in [-0.15, -0.1) is 0 Å². The van der Waals surface area contributed by atoms with Crippen LogP contribution in [0.4, 0.5) is 25.0 Å². The minimum absolute atomic E-state index is 0.0477. The zero-order valence-electron chi connectivity index (χ0n) is 17.2. The van der Waals surface area contributed by atoms with E-state index in [1.54, 1.807) is 13.8 Å². The number of nitrogens with zero attached hydrogens (tertiary/aromatic N) is 1. The summed E-state index contributed by atoms with van der Waals surface area (Å²) in [5.41, 5.74) is 0.151. The zero-order chi connectivity index (χ0) is 22.5. The van der Waals surface area contributed by atoms with Gasteiger partial charge in [0.25, 0.3) is 5.91 Å². The van der Waals surface area contributed by atoms with E-state index in [4.69, 9.17) is 0 Å². The van der Waals surface area contributed by atoms with Crippen LogP contribution in [-0.4, -0.2) is 37.0 Å². The average Bonchev–Trinajstić information content (AvgIpc) is 2.73. The summed E-state index contributed by atoms with van der Waals surface area (Å²) < 4.78 is 28.2. The number of carbonyl (C=O) groups excluding carboxylic acids is 3. The van der Waals surface area contributed by atoms with Crippen LogP contribution in [0.15, 0.2) is 42.5 Å². The van der Waals surface area contributed by atoms with Crippen LogP contribution < -0.4 is 20.9 Å². The Morgan fingerprint density at radius 2 is 1.84 bits per heavy atom. The molecule has 0 aliphatic carbocycles. The molecule has 1 aliphatic heterocycles. The molecule has 0 saturated carbocycles. The number of amides is 4. The first-order valence-corrected chi connectivity index (χ1v) is 9.99. The molecule has 0 bridgehead atoms. The number of nitrogens with one attached hydrogen (secondary N) is 3. The third-order valence-corrected chi connectivity index (χ3v) is 4.94. The van der Waals surface area contributed by atoms with Gasteiger partial charge in [-0.05, 0) is 42.7 Å². The highest BCUT2D eigenvalue weighted by molar-refractivity contribution is 6.02. The molecule has 3 N–H and O–H groups in total. The number of anilines is 2. The summed E-state index contributed by atoms with van der Waals surface area (Å²) in [6.45, 7) is 4.35. The number of benzene rings is 2. The molecule has 1 fully saturated rings. The van der Waals surface area contributed by atoms with Gasteiger partial charge in [0.1, 0.15) is 17.7 Å². The molecule has 0 aromatic heterocycles. The van der Waals surface area contributed by atoms with Crippen LogP contribution in [0.5, 0.6) is 0 Å². The highest BCUT2D eigenvalue weighted by atomic mass is 19.1. The second-order valence-electron chi connectivity index (χ2n) is 7.57. The minimum Gasteiger partial charge on any atom is -0.340 e. The Balaban J connectivity index is 1.76. The van der Waals surface area contributed by atoms with E-state index in [0.29, 0.717) is 19.5 Å². The monoisotopic (exact) mass is 430 g/mol. The van der Waals surface area contributed by atoms with E-state index >= 15 is 0 Å². The predicted octanol–water partition coefficient (Wildman–Crippen LogP) is 3.28. The van der Waals surface area contributed by atoms with Gasteiger partial charge in [0.05, 0.1) is 11.3 Å². The Hall–Kier alpha value is -3.49. The van der Waals surface area contributed by atoms with Crippen molar-refractivity contribution in [2.75, 3.05) is 23.3 Å². The third-order valence-electron chi connectivity index (χ3n) is 4.94. The van der Waals surface area contributed by atoms with Gasteiger partial charge in [-0.25, -0.2) is 13.6 Å². The summed E-state index contributed by atoms with van der Waals surface area (Å²) in [5.74, 6) is -2.84.